The number of carbonyl (C=O) groups is 2. The number of allylic oxidation sites excluding steroid dienone is 1. The summed E-state index contributed by atoms with van der Waals surface area (Å²) < 4.78 is 74.2. The lowest BCUT2D eigenvalue weighted by Crippen LogP contribution is -2.54. The Morgan fingerprint density at radius 3 is 1.47 bits per heavy atom. The summed E-state index contributed by atoms with van der Waals surface area (Å²) in [6.45, 7) is 25.5. The predicted molar refractivity (Wildman–Crippen MR) is 507 cm³/mol. The van der Waals surface area contributed by atoms with E-state index >= 15 is 0 Å². The molecule has 51 heteroatoms. The molecule has 10 aliphatic heterocycles. The van der Waals surface area contributed by atoms with Crippen molar-refractivity contribution in [2.45, 2.75) is 185 Å². The van der Waals surface area contributed by atoms with Gasteiger partial charge in [0.15, 0.2) is 31.1 Å². The van der Waals surface area contributed by atoms with E-state index in [-0.39, 0.29) is 119 Å². The number of carbonyl (C=O) groups excluding carboxylic acids is 2. The molecule has 3 unspecified atom stereocenters. The minimum atomic E-state index is -0.591. The number of H-pyrrole nitrogens is 5. The van der Waals surface area contributed by atoms with Crippen LogP contribution in [0, 0.1) is 34.6 Å². The lowest BCUT2D eigenvalue weighted by atomic mass is 10.1. The van der Waals surface area contributed by atoms with Gasteiger partial charge in [-0.2, -0.15) is 0 Å². The Labute approximate surface area is 795 Å². The number of aryl methyl sites for hydroxylation is 5. The number of nitrogens with one attached hydrogen (secondary N) is 6. The standard InChI is InChI=1S/C13H19N5O3.C13H18N2O4.C11H19N3O3S.C11H14N2O3.C10H11N5O3.C10H12N2O3.C10H10N2O3.C9H12N2O4S/c1-8-6-18(9(2)17(3)13(8)19)12-5-10(15-16-14)11(21-12)7-20-4;1-4-14-12(16)9(2)7-15(13(14)17)11-6-5-10(19-11)8-18-3;1-13(2)8-4-5-14(11(15)12-8)9-7-18-10(17-9)6-16-3;1-3-8-4-5-9(16-8)13-6-7(2)10(14)12-11(13)15;1-6-5-15(10(17)13-9(6)16)8-3-2-7(18-8)4-12-14-11;2*1-6-5-12(10(14)11-9(6)13)8-4-3-7(2)15-8;1-14-4-8-15-7(5-16-8)11-3-2-6(12)10-9(11)13/h6,10-12H,2,5,7H2,1,3-4H3;5-7,10-11H,4,8H2,1-3H3;4-5,8-10H,6-7H2,1-3H3,(H,12,15);4-6,8-9H,3H2,1-2H3,(H,12,14,15);2-3,5,7-8H,4H2,1H3,(H,13,16,17);3-5,7-8H,1-2H3,(H,11,13,14);3-5,8H,2H2,1H3,(H,11,13,14);2-3,7-8H,4-5H2,1H3,(H,10,12,13)/t10?,11-,12-;10-,11+;8?,9-,10+;8?,9-;7-,8+;7-,8-;8-;7-,8+/m10010110/s1. The van der Waals surface area contributed by atoms with Gasteiger partial charge in [0.25, 0.3) is 39.3 Å². The maximum Gasteiger partial charge on any atom is 0.333 e. The van der Waals surface area contributed by atoms with Gasteiger partial charge in [-0.25, -0.2) is 33.6 Å². The van der Waals surface area contributed by atoms with Crippen LogP contribution in [-0.2, 0) is 68.2 Å². The topological polar surface area (TPSA) is 586 Å². The van der Waals surface area contributed by atoms with Crippen molar-refractivity contribution >= 4 is 35.5 Å². The highest BCUT2D eigenvalue weighted by molar-refractivity contribution is 8.00. The van der Waals surface area contributed by atoms with Crippen LogP contribution < -0.4 is 72.8 Å². The van der Waals surface area contributed by atoms with Crippen molar-refractivity contribution < 1.29 is 66.4 Å². The largest absolute Gasteiger partial charge is 0.467 e. The van der Waals surface area contributed by atoms with Gasteiger partial charge in [-0.15, -0.1) is 23.5 Å². The van der Waals surface area contributed by atoms with E-state index in [0.717, 1.165) is 12.2 Å². The molecule has 0 aromatic carbocycles. The monoisotopic (exact) mass is 1960 g/mol. The molecule has 0 aliphatic carbocycles. The molecule has 17 atom stereocenters. The second kappa shape index (κ2) is 51.4. The van der Waals surface area contributed by atoms with Gasteiger partial charge in [0.2, 0.25) is 0 Å². The average Bonchev–Trinajstić information content (AvgIpc) is 1.64. The first-order chi connectivity index (χ1) is 65.8. The van der Waals surface area contributed by atoms with Crippen LogP contribution in [0.1, 0.15) is 106 Å². The molecule has 746 valence electrons. The Morgan fingerprint density at radius 2 is 1.00 bits per heavy atom. The van der Waals surface area contributed by atoms with Crippen molar-refractivity contribution in [1.29, 1.82) is 0 Å². The quantitative estimate of drug-likeness (QED) is 0.0238. The van der Waals surface area contributed by atoms with E-state index in [2.05, 4.69) is 63.4 Å². The fraction of sp³-hybridized carbons (Fsp3) is 0.494. The van der Waals surface area contributed by atoms with Crippen molar-refractivity contribution in [3.05, 3.63) is 327 Å². The van der Waals surface area contributed by atoms with Crippen molar-refractivity contribution in [2.75, 3.05) is 94.1 Å². The molecule has 0 radical (unpaired) electrons. The molecule has 6 aromatic heterocycles. The van der Waals surface area contributed by atoms with E-state index < -0.39 is 70.7 Å². The lowest BCUT2D eigenvalue weighted by molar-refractivity contribution is -0.128. The van der Waals surface area contributed by atoms with E-state index in [1.807, 2.05) is 63.2 Å². The van der Waals surface area contributed by atoms with Crippen LogP contribution in [0.4, 0.5) is 4.79 Å². The highest BCUT2D eigenvalue weighted by Crippen LogP contribution is 2.34. The minimum Gasteiger partial charge on any atom is -0.467 e. The maximum absolute atomic E-state index is 12.2. The summed E-state index contributed by atoms with van der Waals surface area (Å²) >= 11 is 3.25. The maximum atomic E-state index is 12.2. The number of azide groups is 2. The Balaban J connectivity index is 0.000000177. The number of amides is 3. The van der Waals surface area contributed by atoms with Crippen molar-refractivity contribution in [3.63, 3.8) is 0 Å². The fourth-order valence-electron chi connectivity index (χ4n) is 14.1. The molecule has 6 aromatic rings. The highest BCUT2D eigenvalue weighted by Gasteiger charge is 2.41. The zero-order valence-corrected chi connectivity index (χ0v) is 80.5. The average molecular weight is 1960 g/mol. The van der Waals surface area contributed by atoms with Gasteiger partial charge in [-0.1, -0.05) is 54.6 Å². The van der Waals surface area contributed by atoms with E-state index in [4.69, 9.17) is 67.9 Å². The minimum absolute atomic E-state index is 0.00543. The zero-order chi connectivity index (χ0) is 101. The molecular formula is C87H115N23O26S2. The van der Waals surface area contributed by atoms with E-state index in [1.165, 1.54) is 73.9 Å². The van der Waals surface area contributed by atoms with E-state index in [1.54, 1.807) is 172 Å². The molecule has 3 saturated heterocycles. The number of urea groups is 1. The number of rotatable bonds is 22. The summed E-state index contributed by atoms with van der Waals surface area (Å²) in [5.41, 5.74) is 14.9. The first-order valence-electron chi connectivity index (χ1n) is 43.2. The second-order valence-electron chi connectivity index (χ2n) is 31.9. The molecular weight excluding hydrogens is 1850 g/mol. The van der Waals surface area contributed by atoms with Crippen molar-refractivity contribution in [1.82, 2.24) is 81.8 Å². The van der Waals surface area contributed by atoms with Gasteiger partial charge in [0, 0.05) is 159 Å². The summed E-state index contributed by atoms with van der Waals surface area (Å²) in [6.07, 6.45) is 29.5. The van der Waals surface area contributed by atoms with Gasteiger partial charge in [-0.05, 0) is 130 Å². The first-order valence-corrected chi connectivity index (χ1v) is 45.3. The summed E-state index contributed by atoms with van der Waals surface area (Å²) in [4.78, 5) is 184. The smallest absolute Gasteiger partial charge is 0.333 e. The number of ether oxygens (including phenoxy) is 12. The molecule has 0 saturated carbocycles. The lowest BCUT2D eigenvalue weighted by Gasteiger charge is -2.37. The number of nitrogens with zero attached hydrogens (tertiary/aromatic N) is 17. The SMILES string of the molecule is C=C1C=C[C@H](n2cc(C)c(=O)[nH]c2=O)O1.C=C1N(C)C(=O)C(C)=CN1[C@H]1CC(N=[N+]=[N-])[C@@H](COC)O1.CCC1C=C[C@H](n2cc(C)c(=O)[nH]c2=O)O1.CCn1c(=O)c(C)cn([C@H]2C=C[C@@H](COC)O2)c1=O.COC[C@@H]1O[C@H](N2C=CC(N(C)C)NC2=O)CS1.COC[C@@H]1O[C@H](n2ccc(=O)[nH]c2=O)CS1.Cc1cn([C@H]2C=C[C@@H](C)O2)c(=O)[nH]c1=O.Cc1cn([C@H]2C=C[C@@H](CN=[N+]=[N-])O2)c(=O)[nH]c1=O. The van der Waals surface area contributed by atoms with Crippen LogP contribution >= 0.6 is 23.5 Å². The molecule has 10 aliphatic rings. The molecule has 0 bridgehead atoms. The van der Waals surface area contributed by atoms with Gasteiger partial charge >= 0.3 is 40.2 Å². The summed E-state index contributed by atoms with van der Waals surface area (Å²) in [5.74, 6) is 2.37. The number of hydrogen-bond acceptors (Lipinski definition) is 32. The number of aromatic amines is 5. The van der Waals surface area contributed by atoms with Gasteiger partial charge < -0.3 is 67.1 Å². The molecule has 6 N–H and O–H groups in total. The molecule has 16 heterocycles. The molecule has 138 heavy (non-hydrogen) atoms. The van der Waals surface area contributed by atoms with Crippen LogP contribution in [0.3, 0.4) is 0 Å². The zero-order valence-electron chi connectivity index (χ0n) is 78.9. The van der Waals surface area contributed by atoms with Crippen molar-refractivity contribution in [2.24, 2.45) is 10.2 Å². The van der Waals surface area contributed by atoms with Crippen LogP contribution in [-0.4, -0.2) is 249 Å². The van der Waals surface area contributed by atoms with E-state index in [0.29, 0.717) is 90.1 Å². The number of hydrogen-bond donors (Lipinski definition) is 6. The molecule has 49 nitrogen and oxygen atoms in total. The molecule has 3 amide bonds. The van der Waals surface area contributed by atoms with Crippen LogP contribution in [0.5, 0.6) is 0 Å². The summed E-state index contributed by atoms with van der Waals surface area (Å²) in [6, 6.07) is 0.878. The number of methoxy groups -OCH3 is 4. The summed E-state index contributed by atoms with van der Waals surface area (Å²) in [5, 5.41) is 10.1. The Kier molecular flexibility index (Phi) is 40.4. The second-order valence-corrected chi connectivity index (χ2v) is 34.3. The van der Waals surface area contributed by atoms with Crippen molar-refractivity contribution in [3.8, 4) is 0 Å². The Morgan fingerprint density at radius 1 is 0.522 bits per heavy atom. The summed E-state index contributed by atoms with van der Waals surface area (Å²) in [7, 11) is 11.9. The van der Waals surface area contributed by atoms with Gasteiger partial charge in [0.05, 0.1) is 63.4 Å². The highest BCUT2D eigenvalue weighted by atomic mass is 32.2. The number of thioether (sulfide) groups is 2. The van der Waals surface area contributed by atoms with E-state index in [9.17, 15) is 67.1 Å². The third-order valence-corrected chi connectivity index (χ3v) is 23.7. The first kappa shape index (κ1) is 109. The third kappa shape index (κ3) is 29.0. The predicted octanol–water partition coefficient (Wildman–Crippen LogP) is 4.34. The Hall–Kier alpha value is -13.1. The number of aromatic nitrogens is 12. The third-order valence-electron chi connectivity index (χ3n) is 21.5. The normalized spacial score (nSPS) is 25.0. The molecule has 0 spiro atoms. The fourth-order valence-corrected chi connectivity index (χ4v) is 16.2. The van der Waals surface area contributed by atoms with Crippen LogP contribution in [0.25, 0.3) is 20.9 Å². The van der Waals surface area contributed by atoms with Crippen LogP contribution in [0.15, 0.2) is 221 Å². The number of likely N-dealkylation sites (N-methyl/N-ethyl adjacent to an activating group) is 2. The Bertz CT molecular complexity index is 6440. The molecule has 16 rings (SSSR count). The van der Waals surface area contributed by atoms with Gasteiger partial charge in [0.1, 0.15) is 53.4 Å². The van der Waals surface area contributed by atoms with Crippen LogP contribution in [0.2, 0.25) is 0 Å². The molecule has 3 fully saturated rings. The van der Waals surface area contributed by atoms with Gasteiger partial charge in [-0.3, -0.25) is 105 Å².